The van der Waals surface area contributed by atoms with Crippen LogP contribution in [0.25, 0.3) is 0 Å². The van der Waals surface area contributed by atoms with Crippen LogP contribution in [0.15, 0.2) is 76.0 Å². The lowest BCUT2D eigenvalue weighted by atomic mass is 10.0. The highest BCUT2D eigenvalue weighted by molar-refractivity contribution is 7.90. The van der Waals surface area contributed by atoms with E-state index in [0.29, 0.717) is 13.2 Å². The fourth-order valence-corrected chi connectivity index (χ4v) is 5.19. The number of ether oxygens (including phenoxy) is 1. The Morgan fingerprint density at radius 3 is 2.52 bits per heavy atom. The Kier molecular flexibility index (Phi) is 6.13. The highest BCUT2D eigenvalue weighted by Crippen LogP contribution is 2.34. The number of carbonyl (C=O) groups excluding carboxylic acids is 1. The van der Waals surface area contributed by atoms with Crippen LogP contribution in [0.5, 0.6) is 5.75 Å². The van der Waals surface area contributed by atoms with E-state index in [1.807, 2.05) is 31.2 Å². The second-order valence-corrected chi connectivity index (χ2v) is 9.49. The molecule has 2 heterocycles. The van der Waals surface area contributed by atoms with Crippen molar-refractivity contribution in [2.75, 3.05) is 13.2 Å². The lowest BCUT2D eigenvalue weighted by molar-refractivity contribution is 0.0701. The van der Waals surface area contributed by atoms with Crippen LogP contribution >= 0.6 is 0 Å². The summed E-state index contributed by atoms with van der Waals surface area (Å²) in [5.74, 6) is 0.712. The van der Waals surface area contributed by atoms with E-state index in [2.05, 4.69) is 0 Å². The van der Waals surface area contributed by atoms with Gasteiger partial charge in [-0.1, -0.05) is 30.3 Å². The molecule has 1 atom stereocenters. The molecule has 1 saturated heterocycles. The predicted octanol–water partition coefficient (Wildman–Crippen LogP) is 4.63. The Morgan fingerprint density at radius 2 is 1.81 bits per heavy atom. The number of sulfone groups is 1. The van der Waals surface area contributed by atoms with Crippen LogP contribution in [0.3, 0.4) is 0 Å². The van der Waals surface area contributed by atoms with Gasteiger partial charge in [-0.2, -0.15) is 0 Å². The molecular formula is C24H25NO5S. The monoisotopic (exact) mass is 439 g/mol. The van der Waals surface area contributed by atoms with Crippen molar-refractivity contribution in [3.05, 3.63) is 83.8 Å². The molecule has 0 spiro atoms. The molecular weight excluding hydrogens is 414 g/mol. The van der Waals surface area contributed by atoms with E-state index < -0.39 is 9.84 Å². The number of carbonyl (C=O) groups is 1. The minimum atomic E-state index is -3.54. The summed E-state index contributed by atoms with van der Waals surface area (Å²) in [6.07, 6.45) is 1.77. The van der Waals surface area contributed by atoms with Gasteiger partial charge in [0.05, 0.1) is 17.5 Å². The molecule has 0 saturated carbocycles. The van der Waals surface area contributed by atoms with Gasteiger partial charge >= 0.3 is 0 Å². The minimum Gasteiger partial charge on any atom is -0.494 e. The average Bonchev–Trinajstić information content (AvgIpc) is 3.44. The summed E-state index contributed by atoms with van der Waals surface area (Å²) < 4.78 is 36.3. The molecule has 3 aromatic rings. The molecule has 1 aromatic heterocycles. The molecule has 7 heteroatoms. The third kappa shape index (κ3) is 4.66. The lowest BCUT2D eigenvalue weighted by Gasteiger charge is -2.24. The molecule has 0 bridgehead atoms. The van der Waals surface area contributed by atoms with Crippen LogP contribution < -0.4 is 4.74 Å². The van der Waals surface area contributed by atoms with Gasteiger partial charge in [0, 0.05) is 6.54 Å². The van der Waals surface area contributed by atoms with E-state index in [9.17, 15) is 13.2 Å². The maximum absolute atomic E-state index is 13.1. The largest absolute Gasteiger partial charge is 0.494 e. The lowest BCUT2D eigenvalue weighted by Crippen LogP contribution is -2.30. The van der Waals surface area contributed by atoms with Crippen molar-refractivity contribution in [2.45, 2.75) is 36.5 Å². The number of amides is 1. The summed E-state index contributed by atoms with van der Waals surface area (Å²) in [4.78, 5) is 15.1. The quantitative estimate of drug-likeness (QED) is 0.536. The summed E-state index contributed by atoms with van der Waals surface area (Å²) in [7, 11) is -3.54. The van der Waals surface area contributed by atoms with Crippen molar-refractivity contribution >= 4 is 15.7 Å². The first kappa shape index (κ1) is 21.2. The zero-order chi connectivity index (χ0) is 21.8. The van der Waals surface area contributed by atoms with E-state index in [4.69, 9.17) is 9.15 Å². The number of hydrogen-bond acceptors (Lipinski definition) is 5. The van der Waals surface area contributed by atoms with Gasteiger partial charge in [-0.05, 0) is 61.7 Å². The smallest absolute Gasteiger partial charge is 0.290 e. The van der Waals surface area contributed by atoms with Gasteiger partial charge in [-0.25, -0.2) is 8.42 Å². The second-order valence-electron chi connectivity index (χ2n) is 7.50. The fraction of sp³-hybridized carbons (Fsp3) is 0.292. The van der Waals surface area contributed by atoms with Crippen molar-refractivity contribution in [1.82, 2.24) is 4.90 Å². The normalized spacial score (nSPS) is 16.4. The number of hydrogen-bond donors (Lipinski definition) is 0. The Bertz CT molecular complexity index is 1140. The molecule has 0 radical (unpaired) electrons. The second kappa shape index (κ2) is 8.98. The number of nitrogens with zero attached hydrogens (tertiary/aromatic N) is 1. The predicted molar refractivity (Wildman–Crippen MR) is 117 cm³/mol. The molecule has 1 aliphatic rings. The van der Waals surface area contributed by atoms with E-state index in [1.165, 1.54) is 0 Å². The van der Waals surface area contributed by atoms with Gasteiger partial charge < -0.3 is 14.1 Å². The van der Waals surface area contributed by atoms with Crippen molar-refractivity contribution < 1.29 is 22.4 Å². The average molecular weight is 440 g/mol. The number of benzene rings is 2. The molecule has 162 valence electrons. The van der Waals surface area contributed by atoms with Crippen molar-refractivity contribution in [3.63, 3.8) is 0 Å². The molecule has 6 nitrogen and oxygen atoms in total. The van der Waals surface area contributed by atoms with Crippen LogP contribution in [0.1, 0.15) is 47.7 Å². The number of rotatable bonds is 7. The zero-order valence-corrected chi connectivity index (χ0v) is 18.2. The standard InChI is InChI=1S/C24H25NO5S/c1-2-29-19-12-10-18(11-13-19)22-9-6-16-25(22)24(26)23-15-14-20(30-23)17-31(27,28)21-7-4-3-5-8-21/h3-5,7-8,10-15,22H,2,6,9,16-17H2,1H3. The van der Waals surface area contributed by atoms with Gasteiger partial charge in [0.2, 0.25) is 0 Å². The summed E-state index contributed by atoms with van der Waals surface area (Å²) in [5.41, 5.74) is 1.05. The van der Waals surface area contributed by atoms with Gasteiger partial charge in [0.15, 0.2) is 15.6 Å². The molecule has 1 amide bonds. The SMILES string of the molecule is CCOc1ccc(C2CCCN2C(=O)c2ccc(CS(=O)(=O)c3ccccc3)o2)cc1. The van der Waals surface area contributed by atoms with Gasteiger partial charge in [0.25, 0.3) is 5.91 Å². The minimum absolute atomic E-state index is 0.0372. The highest BCUT2D eigenvalue weighted by Gasteiger charge is 2.32. The number of likely N-dealkylation sites (tertiary alicyclic amines) is 1. The van der Waals surface area contributed by atoms with Gasteiger partial charge in [-0.15, -0.1) is 0 Å². The van der Waals surface area contributed by atoms with E-state index in [1.54, 1.807) is 47.4 Å². The third-order valence-corrected chi connectivity index (χ3v) is 7.05. The summed E-state index contributed by atoms with van der Waals surface area (Å²) in [6, 6.07) is 19.1. The zero-order valence-electron chi connectivity index (χ0n) is 17.4. The van der Waals surface area contributed by atoms with Crippen LogP contribution in [0.4, 0.5) is 0 Å². The Hall–Kier alpha value is -3.06. The first-order valence-corrected chi connectivity index (χ1v) is 12.0. The topological polar surface area (TPSA) is 76.8 Å². The maximum Gasteiger partial charge on any atom is 0.290 e. The van der Waals surface area contributed by atoms with Crippen LogP contribution in [-0.2, 0) is 15.6 Å². The van der Waals surface area contributed by atoms with Crippen molar-refractivity contribution in [1.29, 1.82) is 0 Å². The van der Waals surface area contributed by atoms with Crippen LogP contribution in [0.2, 0.25) is 0 Å². The third-order valence-electron chi connectivity index (χ3n) is 5.40. The molecule has 31 heavy (non-hydrogen) atoms. The summed E-state index contributed by atoms with van der Waals surface area (Å²) in [6.45, 7) is 3.18. The van der Waals surface area contributed by atoms with Gasteiger partial charge in [-0.3, -0.25) is 4.79 Å². The van der Waals surface area contributed by atoms with E-state index in [0.717, 1.165) is 24.2 Å². The van der Waals surface area contributed by atoms with E-state index in [-0.39, 0.29) is 34.1 Å². The number of furan rings is 1. The van der Waals surface area contributed by atoms with Crippen molar-refractivity contribution in [3.8, 4) is 5.75 Å². The van der Waals surface area contributed by atoms with Crippen molar-refractivity contribution in [2.24, 2.45) is 0 Å². The fourth-order valence-electron chi connectivity index (χ4n) is 3.92. The Balaban J connectivity index is 1.49. The molecule has 1 aliphatic heterocycles. The molecule has 2 aromatic carbocycles. The first-order valence-electron chi connectivity index (χ1n) is 10.4. The van der Waals surface area contributed by atoms with Crippen LogP contribution in [-0.4, -0.2) is 32.4 Å². The molecule has 1 unspecified atom stereocenters. The highest BCUT2D eigenvalue weighted by atomic mass is 32.2. The molecule has 0 aliphatic carbocycles. The van der Waals surface area contributed by atoms with Crippen LogP contribution in [0, 0.1) is 0 Å². The molecule has 4 rings (SSSR count). The summed E-state index contributed by atoms with van der Waals surface area (Å²) >= 11 is 0. The Morgan fingerprint density at radius 1 is 1.06 bits per heavy atom. The molecule has 0 N–H and O–H groups in total. The summed E-state index contributed by atoms with van der Waals surface area (Å²) in [5, 5.41) is 0. The first-order chi connectivity index (χ1) is 15.0. The van der Waals surface area contributed by atoms with E-state index >= 15 is 0 Å². The maximum atomic E-state index is 13.1. The Labute approximate surface area is 182 Å². The molecule has 1 fully saturated rings. The van der Waals surface area contributed by atoms with Gasteiger partial charge in [0.1, 0.15) is 17.3 Å².